The summed E-state index contributed by atoms with van der Waals surface area (Å²) < 4.78 is 35.0. The van der Waals surface area contributed by atoms with E-state index in [0.717, 1.165) is 37.9 Å². The lowest BCUT2D eigenvalue weighted by molar-refractivity contribution is 0.00282. The summed E-state index contributed by atoms with van der Waals surface area (Å²) >= 11 is 0. The number of piperidine rings is 1. The Balaban J connectivity index is 1.76. The lowest BCUT2D eigenvalue weighted by atomic mass is 10.0. The maximum atomic E-state index is 12.2. The highest BCUT2D eigenvalue weighted by atomic mass is 32.2. The molecule has 26 heavy (non-hydrogen) atoms. The molecule has 0 aliphatic carbocycles. The minimum Gasteiger partial charge on any atom is -0.443 e. The van der Waals surface area contributed by atoms with E-state index < -0.39 is 15.7 Å². The van der Waals surface area contributed by atoms with E-state index in [2.05, 4.69) is 0 Å². The Kier molecular flexibility index (Phi) is 7.06. The maximum Gasteiger partial charge on any atom is 0.410 e. The molecule has 1 saturated heterocycles. The Labute approximate surface area is 156 Å². The third kappa shape index (κ3) is 6.29. The van der Waals surface area contributed by atoms with E-state index in [1.165, 1.54) is 12.1 Å². The summed E-state index contributed by atoms with van der Waals surface area (Å²) in [7, 11) is -3.75. The zero-order valence-electron chi connectivity index (χ0n) is 15.9. The quantitative estimate of drug-likeness (QED) is 0.528. The van der Waals surface area contributed by atoms with Gasteiger partial charge in [0.1, 0.15) is 5.60 Å². The summed E-state index contributed by atoms with van der Waals surface area (Å²) in [5, 5.41) is 0. The van der Waals surface area contributed by atoms with E-state index >= 15 is 0 Å². The highest BCUT2D eigenvalue weighted by molar-refractivity contribution is 7.86. The van der Waals surface area contributed by atoms with Crippen molar-refractivity contribution in [2.45, 2.75) is 63.4 Å². The summed E-state index contributed by atoms with van der Waals surface area (Å²) in [5.74, 6) is 0. The number of carbonyl (C=O) groups excluding carboxylic acids is 1. The number of nitrogens with zero attached hydrogens (tertiary/aromatic N) is 1. The van der Waals surface area contributed by atoms with Crippen molar-refractivity contribution >= 4 is 16.2 Å². The average Bonchev–Trinajstić information content (AvgIpc) is 2.59. The van der Waals surface area contributed by atoms with Gasteiger partial charge < -0.3 is 9.64 Å². The van der Waals surface area contributed by atoms with Crippen molar-refractivity contribution in [3.05, 3.63) is 29.8 Å². The first kappa shape index (κ1) is 20.7. The average molecular weight is 384 g/mol. The van der Waals surface area contributed by atoms with E-state index in [-0.39, 0.29) is 17.6 Å². The summed E-state index contributed by atoms with van der Waals surface area (Å²) in [4.78, 5) is 14.1. The van der Waals surface area contributed by atoms with Crippen molar-refractivity contribution in [1.82, 2.24) is 4.90 Å². The second kappa shape index (κ2) is 8.86. The number of amides is 1. The summed E-state index contributed by atoms with van der Waals surface area (Å²) in [5.41, 5.74) is 0.326. The molecular weight excluding hydrogens is 354 g/mol. The molecule has 0 bridgehead atoms. The van der Waals surface area contributed by atoms with Crippen LogP contribution in [-0.4, -0.2) is 44.7 Å². The van der Waals surface area contributed by atoms with Gasteiger partial charge in [-0.1, -0.05) is 17.7 Å². The molecule has 0 saturated carbocycles. The van der Waals surface area contributed by atoms with Gasteiger partial charge in [-0.15, -0.1) is 0 Å². The van der Waals surface area contributed by atoms with Gasteiger partial charge in [-0.2, -0.15) is 8.42 Å². The Bertz CT molecular complexity index is 691. The first-order valence-electron chi connectivity index (χ1n) is 9.14. The number of carbonyl (C=O) groups is 1. The van der Waals surface area contributed by atoms with Gasteiger partial charge in [0.15, 0.2) is 0 Å². The molecule has 7 heteroatoms. The first-order chi connectivity index (χ1) is 12.2. The van der Waals surface area contributed by atoms with Crippen molar-refractivity contribution in [3.8, 4) is 0 Å². The van der Waals surface area contributed by atoms with Crippen LogP contribution in [0.15, 0.2) is 29.2 Å². The molecule has 0 unspecified atom stereocenters. The second-order valence-corrected chi connectivity index (χ2v) is 8.98. The molecule has 6 nitrogen and oxygen atoms in total. The molecule has 0 spiro atoms. The fourth-order valence-corrected chi connectivity index (χ4v) is 3.81. The molecule has 0 radical (unpaired) electrons. The van der Waals surface area contributed by atoms with E-state index in [1.54, 1.807) is 17.0 Å². The van der Waals surface area contributed by atoms with Crippen LogP contribution in [0.4, 0.5) is 4.79 Å². The molecule has 1 aromatic rings. The van der Waals surface area contributed by atoms with Crippen LogP contribution < -0.4 is 0 Å². The largest absolute Gasteiger partial charge is 0.443 e. The van der Waals surface area contributed by atoms with E-state index in [9.17, 15) is 13.2 Å². The molecule has 0 aromatic heterocycles. The van der Waals surface area contributed by atoms with E-state index in [4.69, 9.17) is 8.92 Å². The van der Waals surface area contributed by atoms with Gasteiger partial charge in [0.2, 0.25) is 0 Å². The molecule has 1 amide bonds. The van der Waals surface area contributed by atoms with Gasteiger partial charge in [0.25, 0.3) is 10.1 Å². The molecular formula is C19H29NO5S. The van der Waals surface area contributed by atoms with Crippen LogP contribution >= 0.6 is 0 Å². The number of benzene rings is 1. The molecule has 0 atom stereocenters. The van der Waals surface area contributed by atoms with Crippen LogP contribution in [0.3, 0.4) is 0 Å². The topological polar surface area (TPSA) is 72.9 Å². The molecule has 1 aromatic carbocycles. The summed E-state index contributed by atoms with van der Waals surface area (Å²) in [6.45, 7) is 7.11. The van der Waals surface area contributed by atoms with Gasteiger partial charge in [-0.05, 0) is 65.0 Å². The Morgan fingerprint density at radius 2 is 1.73 bits per heavy atom. The van der Waals surface area contributed by atoms with Crippen LogP contribution in [0, 0.1) is 6.92 Å². The van der Waals surface area contributed by atoms with Crippen LogP contribution in [0.2, 0.25) is 0 Å². The van der Waals surface area contributed by atoms with Crippen molar-refractivity contribution in [2.24, 2.45) is 0 Å². The van der Waals surface area contributed by atoms with Crippen LogP contribution in [0.5, 0.6) is 0 Å². The molecule has 0 N–H and O–H groups in total. The van der Waals surface area contributed by atoms with Crippen LogP contribution in [-0.2, 0) is 19.0 Å². The molecule has 1 aliphatic heterocycles. The number of aryl methyl sites for hydroxylation is 1. The maximum absolute atomic E-state index is 12.2. The van der Waals surface area contributed by atoms with Crippen LogP contribution in [0.1, 0.15) is 51.5 Å². The molecule has 1 aliphatic rings. The third-order valence-electron chi connectivity index (χ3n) is 4.45. The predicted octanol–water partition coefficient (Wildman–Crippen LogP) is 3.88. The fraction of sp³-hybridized carbons (Fsp3) is 0.632. The molecule has 2 rings (SSSR count). The van der Waals surface area contributed by atoms with Gasteiger partial charge in [-0.3, -0.25) is 4.18 Å². The van der Waals surface area contributed by atoms with Gasteiger partial charge in [-0.25, -0.2) is 4.79 Å². The number of likely N-dealkylation sites (tertiary alicyclic amines) is 1. The molecule has 1 fully saturated rings. The molecule has 146 valence electrons. The number of rotatable bonds is 7. The Morgan fingerprint density at radius 3 is 2.35 bits per heavy atom. The highest BCUT2D eigenvalue weighted by Gasteiger charge is 2.27. The number of hydrogen-bond donors (Lipinski definition) is 0. The summed E-state index contributed by atoms with van der Waals surface area (Å²) in [6.07, 6.45) is 3.89. The minimum absolute atomic E-state index is 0.0565. The Morgan fingerprint density at radius 1 is 1.12 bits per heavy atom. The highest BCUT2D eigenvalue weighted by Crippen LogP contribution is 2.21. The smallest absolute Gasteiger partial charge is 0.410 e. The van der Waals surface area contributed by atoms with Crippen molar-refractivity contribution in [2.75, 3.05) is 19.7 Å². The second-order valence-electron chi connectivity index (χ2n) is 7.37. The van der Waals surface area contributed by atoms with Gasteiger partial charge in [0.05, 0.1) is 11.5 Å². The number of ether oxygens (including phenoxy) is 1. The zero-order valence-corrected chi connectivity index (χ0v) is 16.7. The van der Waals surface area contributed by atoms with Crippen molar-refractivity contribution in [3.63, 3.8) is 0 Å². The normalized spacial score (nSPS) is 15.7. The van der Waals surface area contributed by atoms with Crippen molar-refractivity contribution < 1.29 is 22.1 Å². The monoisotopic (exact) mass is 383 g/mol. The van der Waals surface area contributed by atoms with Crippen molar-refractivity contribution in [1.29, 1.82) is 0 Å². The fourth-order valence-electron chi connectivity index (χ4n) is 2.87. The SMILES string of the molecule is Cc1ccc(S(=O)(=O)OCCCC(C)(C)OC(=O)N2CCCCC2)cc1. The van der Waals surface area contributed by atoms with Gasteiger partial charge in [0, 0.05) is 13.1 Å². The standard InChI is InChI=1S/C19H29NO5S/c1-16-8-10-17(11-9-16)26(22,23)24-15-7-12-19(2,3)25-18(21)20-13-5-4-6-14-20/h8-11H,4-7,12-15H2,1-3H3. The van der Waals surface area contributed by atoms with Crippen LogP contribution in [0.25, 0.3) is 0 Å². The summed E-state index contributed by atoms with van der Waals surface area (Å²) in [6, 6.07) is 6.54. The zero-order chi connectivity index (χ0) is 19.2. The molecule has 1 heterocycles. The van der Waals surface area contributed by atoms with E-state index in [1.807, 2.05) is 20.8 Å². The predicted molar refractivity (Wildman–Crippen MR) is 99.5 cm³/mol. The minimum atomic E-state index is -3.75. The Hall–Kier alpha value is -1.60. The van der Waals surface area contributed by atoms with E-state index in [0.29, 0.717) is 12.8 Å². The first-order valence-corrected chi connectivity index (χ1v) is 10.5. The lowest BCUT2D eigenvalue weighted by Gasteiger charge is -2.31. The lowest BCUT2D eigenvalue weighted by Crippen LogP contribution is -2.40. The van der Waals surface area contributed by atoms with Gasteiger partial charge >= 0.3 is 6.09 Å². The third-order valence-corrected chi connectivity index (χ3v) is 5.78. The number of hydrogen-bond acceptors (Lipinski definition) is 5.